The second kappa shape index (κ2) is 9.00. The number of hydrogen-bond acceptors (Lipinski definition) is 5. The summed E-state index contributed by atoms with van der Waals surface area (Å²) in [5.74, 6) is 0.871. The normalized spacial score (nSPS) is 14.2. The number of benzene rings is 1. The third kappa shape index (κ3) is 5.04. The van der Waals surface area contributed by atoms with Gasteiger partial charge >= 0.3 is 6.09 Å². The first-order valence-electron chi connectivity index (χ1n) is 8.21. The topological polar surface area (TPSA) is 71.1 Å². The number of methoxy groups -OCH3 is 1. The number of rotatable bonds is 6. The minimum absolute atomic E-state index is 0.0916. The van der Waals surface area contributed by atoms with Crippen LogP contribution in [0.2, 0.25) is 0 Å². The molecule has 1 fully saturated rings. The monoisotopic (exact) mass is 335 g/mol. The molecule has 0 spiro atoms. The van der Waals surface area contributed by atoms with E-state index in [4.69, 9.17) is 9.47 Å². The van der Waals surface area contributed by atoms with Gasteiger partial charge in [-0.05, 0) is 19.1 Å². The Bertz CT molecular complexity index is 557. The zero-order valence-corrected chi connectivity index (χ0v) is 14.3. The van der Waals surface area contributed by atoms with Crippen molar-refractivity contribution in [2.24, 2.45) is 0 Å². The molecule has 0 aromatic heterocycles. The highest BCUT2D eigenvalue weighted by atomic mass is 16.6. The number of ether oxygens (including phenoxy) is 2. The smallest absolute Gasteiger partial charge is 0.409 e. The van der Waals surface area contributed by atoms with Crippen LogP contribution in [0.3, 0.4) is 0 Å². The van der Waals surface area contributed by atoms with Crippen LogP contribution in [0.15, 0.2) is 24.3 Å². The van der Waals surface area contributed by atoms with Crippen molar-refractivity contribution in [2.45, 2.75) is 13.3 Å². The van der Waals surface area contributed by atoms with Crippen LogP contribution in [0, 0.1) is 0 Å². The van der Waals surface area contributed by atoms with Crippen molar-refractivity contribution in [3.8, 4) is 5.75 Å². The molecular formula is C17H25N3O4. The molecule has 1 heterocycles. The van der Waals surface area contributed by atoms with Crippen molar-refractivity contribution < 1.29 is 19.1 Å². The number of anilines is 1. The van der Waals surface area contributed by atoms with Gasteiger partial charge in [-0.15, -0.1) is 0 Å². The molecule has 0 aliphatic carbocycles. The molecule has 132 valence electrons. The lowest BCUT2D eigenvalue weighted by atomic mass is 10.2. The Morgan fingerprint density at radius 1 is 1.17 bits per heavy atom. The van der Waals surface area contributed by atoms with Crippen LogP contribution < -0.4 is 10.1 Å². The van der Waals surface area contributed by atoms with Gasteiger partial charge in [0.15, 0.2) is 0 Å². The van der Waals surface area contributed by atoms with Gasteiger partial charge in [-0.25, -0.2) is 4.79 Å². The molecule has 1 N–H and O–H groups in total. The van der Waals surface area contributed by atoms with Crippen LogP contribution in [-0.4, -0.2) is 68.2 Å². The molecule has 0 bridgehead atoms. The highest BCUT2D eigenvalue weighted by molar-refractivity contribution is 5.77. The van der Waals surface area contributed by atoms with Gasteiger partial charge in [0.05, 0.1) is 13.7 Å². The number of carbonyl (C=O) groups excluding carboxylic acids is 2. The minimum atomic E-state index is -0.302. The summed E-state index contributed by atoms with van der Waals surface area (Å²) in [4.78, 5) is 27.3. The lowest BCUT2D eigenvalue weighted by Gasteiger charge is -2.34. The molecule has 0 radical (unpaired) electrons. The van der Waals surface area contributed by atoms with Crippen LogP contribution in [0.4, 0.5) is 10.5 Å². The van der Waals surface area contributed by atoms with Crippen molar-refractivity contribution in [1.82, 2.24) is 9.80 Å². The van der Waals surface area contributed by atoms with Gasteiger partial charge in [0.25, 0.3) is 0 Å². The quantitative estimate of drug-likeness (QED) is 0.858. The van der Waals surface area contributed by atoms with E-state index in [2.05, 4.69) is 5.32 Å². The fourth-order valence-corrected chi connectivity index (χ4v) is 2.56. The number of nitrogens with one attached hydrogen (secondary N) is 1. The van der Waals surface area contributed by atoms with E-state index in [0.717, 1.165) is 11.4 Å². The molecule has 24 heavy (non-hydrogen) atoms. The average Bonchev–Trinajstić information content (AvgIpc) is 2.62. The van der Waals surface area contributed by atoms with Crippen LogP contribution in [0.25, 0.3) is 0 Å². The summed E-state index contributed by atoms with van der Waals surface area (Å²) in [5.41, 5.74) is 0.925. The highest BCUT2D eigenvalue weighted by Crippen LogP contribution is 2.16. The van der Waals surface area contributed by atoms with E-state index in [1.807, 2.05) is 24.3 Å². The molecule has 1 aromatic rings. The highest BCUT2D eigenvalue weighted by Gasteiger charge is 2.24. The molecule has 2 amide bonds. The Hall–Kier alpha value is -2.44. The molecular weight excluding hydrogens is 310 g/mol. The van der Waals surface area contributed by atoms with Gasteiger partial charge < -0.3 is 24.6 Å². The zero-order valence-electron chi connectivity index (χ0n) is 14.3. The van der Waals surface area contributed by atoms with E-state index in [0.29, 0.717) is 45.8 Å². The summed E-state index contributed by atoms with van der Waals surface area (Å²) >= 11 is 0. The second-order valence-electron chi connectivity index (χ2n) is 5.48. The minimum Gasteiger partial charge on any atom is -0.497 e. The van der Waals surface area contributed by atoms with E-state index < -0.39 is 0 Å². The Morgan fingerprint density at radius 3 is 2.54 bits per heavy atom. The maximum atomic E-state index is 12.2. The lowest BCUT2D eigenvalue weighted by Crippen LogP contribution is -2.50. The fraction of sp³-hybridized carbons (Fsp3) is 0.529. The zero-order chi connectivity index (χ0) is 17.4. The summed E-state index contributed by atoms with van der Waals surface area (Å²) in [6, 6.07) is 7.60. The average molecular weight is 335 g/mol. The van der Waals surface area contributed by atoms with E-state index >= 15 is 0 Å². The molecule has 0 unspecified atom stereocenters. The van der Waals surface area contributed by atoms with Crippen LogP contribution in [0.1, 0.15) is 13.3 Å². The third-order valence-electron chi connectivity index (χ3n) is 3.90. The van der Waals surface area contributed by atoms with E-state index in [9.17, 15) is 9.59 Å². The van der Waals surface area contributed by atoms with E-state index in [-0.39, 0.29) is 12.0 Å². The SMILES string of the molecule is CCOC(=O)N1CCN(C(=O)CCNc2cccc(OC)c2)CC1. The van der Waals surface area contributed by atoms with Gasteiger partial charge in [0.2, 0.25) is 5.91 Å². The van der Waals surface area contributed by atoms with Crippen molar-refractivity contribution in [2.75, 3.05) is 51.8 Å². The Labute approximate surface area is 142 Å². The van der Waals surface area contributed by atoms with Gasteiger partial charge in [0.1, 0.15) is 5.75 Å². The second-order valence-corrected chi connectivity index (χ2v) is 5.48. The number of piperazine rings is 1. The predicted molar refractivity (Wildman–Crippen MR) is 91.3 cm³/mol. The number of hydrogen-bond donors (Lipinski definition) is 1. The van der Waals surface area contributed by atoms with Crippen LogP contribution in [-0.2, 0) is 9.53 Å². The number of amides is 2. The fourth-order valence-electron chi connectivity index (χ4n) is 2.56. The first kappa shape index (κ1) is 17.9. The molecule has 1 aromatic carbocycles. The van der Waals surface area contributed by atoms with Crippen LogP contribution >= 0.6 is 0 Å². The first-order valence-corrected chi connectivity index (χ1v) is 8.21. The van der Waals surface area contributed by atoms with E-state index in [1.54, 1.807) is 23.8 Å². The summed E-state index contributed by atoms with van der Waals surface area (Å²) in [6.45, 7) is 4.86. The number of carbonyl (C=O) groups is 2. The standard InChI is InChI=1S/C17H25N3O4/c1-3-24-17(22)20-11-9-19(10-12-20)16(21)7-8-18-14-5-4-6-15(13-14)23-2/h4-6,13,18H,3,7-12H2,1-2H3. The maximum Gasteiger partial charge on any atom is 0.409 e. The molecule has 7 heteroatoms. The van der Waals surface area contributed by atoms with Crippen molar-refractivity contribution in [3.63, 3.8) is 0 Å². The molecule has 2 rings (SSSR count). The summed E-state index contributed by atoms with van der Waals surface area (Å²) in [6.07, 6.45) is 0.112. The molecule has 1 saturated heterocycles. The molecule has 1 aliphatic rings. The predicted octanol–water partition coefficient (Wildman–Crippen LogP) is 1.80. The molecule has 7 nitrogen and oxygen atoms in total. The number of nitrogens with zero attached hydrogens (tertiary/aromatic N) is 2. The summed E-state index contributed by atoms with van der Waals surface area (Å²) in [7, 11) is 1.62. The third-order valence-corrected chi connectivity index (χ3v) is 3.90. The maximum absolute atomic E-state index is 12.2. The summed E-state index contributed by atoms with van der Waals surface area (Å²) < 4.78 is 10.1. The van der Waals surface area contributed by atoms with Gasteiger partial charge in [-0.1, -0.05) is 6.07 Å². The summed E-state index contributed by atoms with van der Waals surface area (Å²) in [5, 5.41) is 3.22. The van der Waals surface area contributed by atoms with Gasteiger partial charge in [-0.3, -0.25) is 4.79 Å². The van der Waals surface area contributed by atoms with E-state index in [1.165, 1.54) is 0 Å². The van der Waals surface area contributed by atoms with Crippen LogP contribution in [0.5, 0.6) is 5.75 Å². The van der Waals surface area contributed by atoms with Gasteiger partial charge in [0, 0.05) is 50.9 Å². The molecule has 1 aliphatic heterocycles. The Kier molecular flexibility index (Phi) is 6.72. The molecule has 0 atom stereocenters. The lowest BCUT2D eigenvalue weighted by molar-refractivity contribution is -0.132. The van der Waals surface area contributed by atoms with Crippen molar-refractivity contribution in [1.29, 1.82) is 0 Å². The van der Waals surface area contributed by atoms with Crippen molar-refractivity contribution in [3.05, 3.63) is 24.3 Å². The largest absolute Gasteiger partial charge is 0.497 e. The Morgan fingerprint density at radius 2 is 1.88 bits per heavy atom. The Balaban J connectivity index is 1.71. The first-order chi connectivity index (χ1) is 11.6. The van der Waals surface area contributed by atoms with Gasteiger partial charge in [-0.2, -0.15) is 0 Å². The van der Waals surface area contributed by atoms with Crippen molar-refractivity contribution >= 4 is 17.7 Å². The molecule has 0 saturated carbocycles.